The predicted octanol–water partition coefficient (Wildman–Crippen LogP) is 3.15. The molecule has 1 aromatic carbocycles. The van der Waals surface area contributed by atoms with Crippen LogP contribution in [0.3, 0.4) is 0 Å². The first-order valence-corrected chi connectivity index (χ1v) is 11.3. The number of nitrogens with zero attached hydrogens (tertiary/aromatic N) is 4. The Kier molecular flexibility index (Phi) is 4.93. The maximum Gasteiger partial charge on any atom is 0.252 e. The van der Waals surface area contributed by atoms with Gasteiger partial charge < -0.3 is 15.2 Å². The molecular formula is C26H26N5O3-. The van der Waals surface area contributed by atoms with Crippen LogP contribution < -0.4 is 10.4 Å². The van der Waals surface area contributed by atoms with E-state index >= 15 is 0 Å². The number of ketones is 1. The van der Waals surface area contributed by atoms with Gasteiger partial charge >= 0.3 is 0 Å². The van der Waals surface area contributed by atoms with Crippen LogP contribution in [0.5, 0.6) is 0 Å². The molecule has 2 aliphatic rings. The molecule has 0 radical (unpaired) electrons. The highest BCUT2D eigenvalue weighted by molar-refractivity contribution is 6.01. The van der Waals surface area contributed by atoms with Crippen molar-refractivity contribution in [3.8, 4) is 5.95 Å². The molecule has 3 heterocycles. The Labute approximate surface area is 197 Å². The van der Waals surface area contributed by atoms with Crippen LogP contribution in [0, 0.1) is 26.2 Å². The Morgan fingerprint density at radius 1 is 1.09 bits per heavy atom. The largest absolute Gasteiger partial charge is 0.545 e. The van der Waals surface area contributed by atoms with Gasteiger partial charge in [-0.15, -0.1) is 0 Å². The maximum absolute atomic E-state index is 13.4. The zero-order chi connectivity index (χ0) is 24.4. The number of fused-ring (bicyclic) bond motifs is 1. The number of carbonyl (C=O) groups is 2. The Balaban J connectivity index is 1.74. The Bertz CT molecular complexity index is 1360. The summed E-state index contributed by atoms with van der Waals surface area (Å²) < 4.78 is 1.71. The molecule has 1 atom stereocenters. The summed E-state index contributed by atoms with van der Waals surface area (Å²) in [5.74, 6) is -0.311. The number of hydrogen-bond donors (Lipinski definition) is 1. The lowest BCUT2D eigenvalue weighted by Crippen LogP contribution is -2.34. The second kappa shape index (κ2) is 7.62. The van der Waals surface area contributed by atoms with Gasteiger partial charge in [-0.2, -0.15) is 9.78 Å². The zero-order valence-corrected chi connectivity index (χ0v) is 19.9. The van der Waals surface area contributed by atoms with Crippen molar-refractivity contribution in [2.24, 2.45) is 5.41 Å². The van der Waals surface area contributed by atoms with E-state index in [0.717, 1.165) is 45.3 Å². The average Bonchev–Trinajstić information content (AvgIpc) is 3.07. The summed E-state index contributed by atoms with van der Waals surface area (Å²) in [6.45, 7) is 9.92. The molecule has 0 saturated carbocycles. The summed E-state index contributed by atoms with van der Waals surface area (Å²) in [6.07, 6.45) is 1.16. The Hall–Kier alpha value is -3.81. The highest BCUT2D eigenvalue weighted by atomic mass is 16.4. The van der Waals surface area contributed by atoms with Crippen LogP contribution in [0.25, 0.3) is 5.95 Å². The highest BCUT2D eigenvalue weighted by Crippen LogP contribution is 2.50. The second-order valence-corrected chi connectivity index (χ2v) is 10.0. The normalized spacial score (nSPS) is 18.9. The first-order valence-electron chi connectivity index (χ1n) is 11.3. The number of aryl methyl sites for hydroxylation is 3. The topological polar surface area (TPSA) is 113 Å². The number of carboxylic acids is 1. The van der Waals surface area contributed by atoms with E-state index in [1.807, 2.05) is 26.8 Å². The van der Waals surface area contributed by atoms with Crippen LogP contribution in [0.15, 0.2) is 41.6 Å². The van der Waals surface area contributed by atoms with Crippen LogP contribution in [-0.2, 0) is 4.79 Å². The number of aromatic carboxylic acids is 1. The summed E-state index contributed by atoms with van der Waals surface area (Å²) in [6, 6.07) is 8.47. The van der Waals surface area contributed by atoms with E-state index in [1.165, 1.54) is 12.1 Å². The van der Waals surface area contributed by atoms with Crippen molar-refractivity contribution >= 4 is 17.6 Å². The van der Waals surface area contributed by atoms with Crippen molar-refractivity contribution in [3.05, 3.63) is 75.4 Å². The van der Waals surface area contributed by atoms with E-state index in [4.69, 9.17) is 5.10 Å². The molecule has 8 heteroatoms. The highest BCUT2D eigenvalue weighted by Gasteiger charge is 2.43. The number of Topliss-reactive ketones (excluding diaryl/α,β-unsaturated/α-hetero) is 1. The quantitative estimate of drug-likeness (QED) is 0.644. The van der Waals surface area contributed by atoms with Gasteiger partial charge in [-0.25, -0.2) is 9.97 Å². The molecule has 1 aliphatic carbocycles. The SMILES string of the molecule is Cc1cc(C)nc(-n2nc(C)c3c2NC2=C(C(=O)CC(C)(C)C2)C3c2ccc(C(=O)[O-])cc2)n1. The minimum Gasteiger partial charge on any atom is -0.545 e. The summed E-state index contributed by atoms with van der Waals surface area (Å²) in [5, 5.41) is 19.6. The minimum atomic E-state index is -1.23. The summed E-state index contributed by atoms with van der Waals surface area (Å²) in [4.78, 5) is 33.9. The molecule has 8 nitrogen and oxygen atoms in total. The molecule has 174 valence electrons. The average molecular weight is 457 g/mol. The van der Waals surface area contributed by atoms with Gasteiger partial charge in [-0.05, 0) is 49.8 Å². The second-order valence-electron chi connectivity index (χ2n) is 10.0. The summed E-state index contributed by atoms with van der Waals surface area (Å²) in [5.41, 5.74) is 5.63. The number of rotatable bonds is 3. The number of allylic oxidation sites excluding steroid dienone is 2. The standard InChI is InChI=1S/C26H27N5O3/c1-13-10-14(2)28-25(27-13)31-23-20(15(3)30-31)21(16-6-8-17(9-7-16)24(33)34)22-18(29-23)11-26(4,5)12-19(22)32/h6-10,21,29H,11-12H2,1-5H3,(H,33,34)/p-1. The van der Waals surface area contributed by atoms with Gasteiger partial charge in [0.1, 0.15) is 5.82 Å². The summed E-state index contributed by atoms with van der Waals surface area (Å²) >= 11 is 0. The fraction of sp³-hybridized carbons (Fsp3) is 0.346. The molecule has 0 spiro atoms. The summed E-state index contributed by atoms with van der Waals surface area (Å²) in [7, 11) is 0. The Morgan fingerprint density at radius 2 is 1.74 bits per heavy atom. The van der Waals surface area contributed by atoms with E-state index in [0.29, 0.717) is 18.8 Å². The zero-order valence-electron chi connectivity index (χ0n) is 19.9. The third-order valence-electron chi connectivity index (χ3n) is 6.51. The number of aromatic nitrogens is 4. The smallest absolute Gasteiger partial charge is 0.252 e. The van der Waals surface area contributed by atoms with Gasteiger partial charge in [0.15, 0.2) is 5.78 Å². The van der Waals surface area contributed by atoms with Gasteiger partial charge in [-0.3, -0.25) is 4.79 Å². The van der Waals surface area contributed by atoms with E-state index in [-0.39, 0.29) is 22.7 Å². The molecule has 3 aromatic rings. The third-order valence-corrected chi connectivity index (χ3v) is 6.51. The van der Waals surface area contributed by atoms with E-state index in [2.05, 4.69) is 29.1 Å². The first kappa shape index (κ1) is 22.0. The van der Waals surface area contributed by atoms with Crippen LogP contribution in [0.2, 0.25) is 0 Å². The Morgan fingerprint density at radius 3 is 2.35 bits per heavy atom. The third kappa shape index (κ3) is 3.59. The lowest BCUT2D eigenvalue weighted by atomic mass is 9.69. The molecular weight excluding hydrogens is 430 g/mol. The number of hydrogen-bond acceptors (Lipinski definition) is 7. The molecule has 34 heavy (non-hydrogen) atoms. The van der Waals surface area contributed by atoms with E-state index in [1.54, 1.807) is 16.8 Å². The lowest BCUT2D eigenvalue weighted by molar-refractivity contribution is -0.255. The van der Waals surface area contributed by atoms with Crippen LogP contribution in [0.1, 0.15) is 71.2 Å². The lowest BCUT2D eigenvalue weighted by Gasteiger charge is -2.38. The minimum absolute atomic E-state index is 0.0909. The van der Waals surface area contributed by atoms with Crippen LogP contribution >= 0.6 is 0 Å². The van der Waals surface area contributed by atoms with Gasteiger partial charge in [0.05, 0.1) is 11.7 Å². The molecule has 1 aliphatic heterocycles. The fourth-order valence-corrected chi connectivity index (χ4v) is 5.17. The van der Waals surface area contributed by atoms with Gasteiger partial charge in [-0.1, -0.05) is 38.1 Å². The molecule has 0 amide bonds. The van der Waals surface area contributed by atoms with Gasteiger partial charge in [0.25, 0.3) is 5.95 Å². The molecule has 5 rings (SSSR count). The number of carbonyl (C=O) groups excluding carboxylic acids is 2. The van der Waals surface area contributed by atoms with Crippen molar-refractivity contribution in [1.29, 1.82) is 0 Å². The molecule has 0 fully saturated rings. The predicted molar refractivity (Wildman–Crippen MR) is 125 cm³/mol. The maximum atomic E-state index is 13.4. The van der Waals surface area contributed by atoms with Gasteiger partial charge in [0, 0.05) is 40.6 Å². The number of carboxylic acid groups (broad SMARTS) is 1. The first-order chi connectivity index (χ1) is 16.0. The van der Waals surface area contributed by atoms with Crippen molar-refractivity contribution in [3.63, 3.8) is 0 Å². The van der Waals surface area contributed by atoms with Crippen LogP contribution in [0.4, 0.5) is 5.82 Å². The van der Waals surface area contributed by atoms with Crippen molar-refractivity contribution in [1.82, 2.24) is 19.7 Å². The van der Waals surface area contributed by atoms with Crippen molar-refractivity contribution in [2.45, 2.75) is 53.4 Å². The van der Waals surface area contributed by atoms with E-state index in [9.17, 15) is 14.7 Å². The molecule has 0 bridgehead atoms. The molecule has 0 saturated heterocycles. The van der Waals surface area contributed by atoms with Crippen molar-refractivity contribution in [2.75, 3.05) is 5.32 Å². The van der Waals surface area contributed by atoms with E-state index < -0.39 is 5.97 Å². The van der Waals surface area contributed by atoms with Crippen molar-refractivity contribution < 1.29 is 14.7 Å². The van der Waals surface area contributed by atoms with Crippen LogP contribution in [-0.4, -0.2) is 31.5 Å². The molecule has 1 unspecified atom stereocenters. The fourth-order valence-electron chi connectivity index (χ4n) is 5.17. The monoisotopic (exact) mass is 456 g/mol. The molecule has 2 aromatic heterocycles. The van der Waals surface area contributed by atoms with Gasteiger partial charge in [0.2, 0.25) is 0 Å². The molecule has 1 N–H and O–H groups in total. The number of anilines is 1. The number of benzene rings is 1. The number of nitrogens with one attached hydrogen (secondary N) is 1.